The van der Waals surface area contributed by atoms with Crippen molar-refractivity contribution in [2.24, 2.45) is 0 Å². The third-order valence-corrected chi connectivity index (χ3v) is 7.69. The van der Waals surface area contributed by atoms with E-state index in [4.69, 9.17) is 21.3 Å². The minimum Gasteiger partial charge on any atom is -0.379 e. The van der Waals surface area contributed by atoms with Gasteiger partial charge in [-0.1, -0.05) is 42.0 Å². The van der Waals surface area contributed by atoms with Crippen molar-refractivity contribution in [2.45, 2.75) is 25.2 Å². The number of fused-ring (bicyclic) bond motifs is 1. The Morgan fingerprint density at radius 2 is 2.03 bits per heavy atom. The van der Waals surface area contributed by atoms with Crippen LogP contribution in [-0.2, 0) is 4.74 Å². The van der Waals surface area contributed by atoms with Gasteiger partial charge in [0.05, 0.1) is 29.0 Å². The fourth-order valence-electron chi connectivity index (χ4n) is 3.89. The number of anilines is 1. The summed E-state index contributed by atoms with van der Waals surface area (Å²) in [7, 11) is 0. The van der Waals surface area contributed by atoms with Crippen molar-refractivity contribution in [3.63, 3.8) is 0 Å². The number of aromatic nitrogens is 1. The van der Waals surface area contributed by atoms with Gasteiger partial charge in [0.1, 0.15) is 0 Å². The van der Waals surface area contributed by atoms with E-state index in [1.54, 1.807) is 11.8 Å². The highest BCUT2D eigenvalue weighted by molar-refractivity contribution is 7.99. The molecule has 178 valence electrons. The third-order valence-electron chi connectivity index (χ3n) is 5.49. The lowest BCUT2D eigenvalue weighted by Crippen LogP contribution is -2.39. The lowest BCUT2D eigenvalue weighted by molar-refractivity contribution is 0.0376. The van der Waals surface area contributed by atoms with Gasteiger partial charge < -0.3 is 4.74 Å². The SMILES string of the molecule is CCSc1ccccc1C(=O)N(CCCN1CCOCC1)c1nc2c(C)cc(Cl)cc2s1.Cl. The first-order valence-electron chi connectivity index (χ1n) is 11.0. The Morgan fingerprint density at radius 3 is 2.79 bits per heavy atom. The zero-order chi connectivity index (χ0) is 22.5. The molecule has 0 bridgehead atoms. The van der Waals surface area contributed by atoms with Crippen LogP contribution < -0.4 is 4.90 Å². The number of benzene rings is 2. The number of carbonyl (C=O) groups excluding carboxylic acids is 1. The molecule has 1 aliphatic rings. The fourth-order valence-corrected chi connectivity index (χ4v) is 6.13. The number of amides is 1. The quantitative estimate of drug-likeness (QED) is 0.329. The van der Waals surface area contributed by atoms with Crippen LogP contribution in [0, 0.1) is 6.92 Å². The molecule has 0 radical (unpaired) electrons. The Morgan fingerprint density at radius 1 is 1.27 bits per heavy atom. The topological polar surface area (TPSA) is 45.7 Å². The van der Waals surface area contributed by atoms with Crippen LogP contribution >= 0.6 is 47.1 Å². The molecule has 1 amide bonds. The number of rotatable bonds is 8. The number of thiazole rings is 1. The maximum atomic E-state index is 13.8. The minimum absolute atomic E-state index is 0. The largest absolute Gasteiger partial charge is 0.379 e. The van der Waals surface area contributed by atoms with Gasteiger partial charge in [0.15, 0.2) is 5.13 Å². The molecular formula is C24H29Cl2N3O2S2. The smallest absolute Gasteiger partial charge is 0.261 e. The number of aryl methyl sites for hydroxylation is 1. The summed E-state index contributed by atoms with van der Waals surface area (Å²) in [6, 6.07) is 11.7. The number of carbonyl (C=O) groups is 1. The minimum atomic E-state index is 0. The van der Waals surface area contributed by atoms with Crippen molar-refractivity contribution < 1.29 is 9.53 Å². The van der Waals surface area contributed by atoms with Crippen molar-refractivity contribution >= 4 is 68.4 Å². The first-order valence-corrected chi connectivity index (χ1v) is 13.2. The number of hydrogen-bond acceptors (Lipinski definition) is 6. The average Bonchev–Trinajstić information content (AvgIpc) is 3.22. The molecule has 1 fully saturated rings. The second-order valence-corrected chi connectivity index (χ2v) is 10.5. The van der Waals surface area contributed by atoms with E-state index in [9.17, 15) is 4.79 Å². The zero-order valence-corrected chi connectivity index (χ0v) is 22.1. The molecular weight excluding hydrogens is 497 g/mol. The van der Waals surface area contributed by atoms with E-state index in [0.29, 0.717) is 11.6 Å². The van der Waals surface area contributed by atoms with E-state index in [1.807, 2.05) is 48.2 Å². The van der Waals surface area contributed by atoms with Crippen molar-refractivity contribution in [3.05, 3.63) is 52.5 Å². The Hall–Kier alpha value is -1.35. The van der Waals surface area contributed by atoms with E-state index in [-0.39, 0.29) is 18.3 Å². The average molecular weight is 527 g/mol. The second kappa shape index (κ2) is 12.4. The second-order valence-electron chi connectivity index (χ2n) is 7.76. The predicted octanol–water partition coefficient (Wildman–Crippen LogP) is 6.16. The van der Waals surface area contributed by atoms with Crippen LogP contribution in [0.3, 0.4) is 0 Å². The van der Waals surface area contributed by atoms with Gasteiger partial charge in [-0.25, -0.2) is 4.98 Å². The molecule has 0 unspecified atom stereocenters. The van der Waals surface area contributed by atoms with Gasteiger partial charge in [-0.15, -0.1) is 24.2 Å². The molecule has 3 aromatic rings. The van der Waals surface area contributed by atoms with Crippen LogP contribution in [0.15, 0.2) is 41.3 Å². The highest BCUT2D eigenvalue weighted by atomic mass is 35.5. The van der Waals surface area contributed by atoms with Crippen LogP contribution in [0.25, 0.3) is 10.2 Å². The molecule has 4 rings (SSSR count). The van der Waals surface area contributed by atoms with E-state index in [2.05, 4.69) is 11.8 Å². The van der Waals surface area contributed by atoms with E-state index >= 15 is 0 Å². The van der Waals surface area contributed by atoms with Gasteiger partial charge in [0.2, 0.25) is 0 Å². The van der Waals surface area contributed by atoms with Crippen LogP contribution in [0.2, 0.25) is 5.02 Å². The van der Waals surface area contributed by atoms with Gasteiger partial charge >= 0.3 is 0 Å². The molecule has 0 N–H and O–H groups in total. The molecule has 0 atom stereocenters. The number of nitrogens with zero attached hydrogens (tertiary/aromatic N) is 3. The molecule has 1 saturated heterocycles. The maximum Gasteiger partial charge on any atom is 0.261 e. The Kier molecular flexibility index (Phi) is 9.85. The van der Waals surface area contributed by atoms with Crippen LogP contribution in [-0.4, -0.2) is 60.9 Å². The molecule has 1 aromatic heterocycles. The van der Waals surface area contributed by atoms with Crippen molar-refractivity contribution in [2.75, 3.05) is 50.0 Å². The van der Waals surface area contributed by atoms with Gasteiger partial charge in [-0.3, -0.25) is 14.6 Å². The normalized spacial score (nSPS) is 14.3. The number of thioether (sulfide) groups is 1. The molecule has 5 nitrogen and oxygen atoms in total. The molecule has 33 heavy (non-hydrogen) atoms. The fraction of sp³-hybridized carbons (Fsp3) is 0.417. The van der Waals surface area contributed by atoms with Gasteiger partial charge in [-0.05, 0) is 48.9 Å². The number of ether oxygens (including phenoxy) is 1. The number of halogens is 2. The summed E-state index contributed by atoms with van der Waals surface area (Å²) in [6.07, 6.45) is 0.879. The standard InChI is InChI=1S/C24H28ClN3O2S2.ClH/c1-3-31-20-8-5-4-7-19(20)23(29)28(10-6-9-27-11-13-30-14-12-27)24-26-22-17(2)15-18(25)16-21(22)32-24;/h4-5,7-8,15-16H,3,6,9-14H2,1-2H3;1H. The number of morpholine rings is 1. The van der Waals surface area contributed by atoms with Gasteiger partial charge in [0, 0.05) is 36.1 Å². The highest BCUT2D eigenvalue weighted by Crippen LogP contribution is 2.34. The summed E-state index contributed by atoms with van der Waals surface area (Å²) in [4.78, 5) is 23.9. The van der Waals surface area contributed by atoms with E-state index in [1.165, 1.54) is 11.3 Å². The molecule has 1 aliphatic heterocycles. The van der Waals surface area contributed by atoms with E-state index in [0.717, 1.165) is 76.4 Å². The molecule has 2 heterocycles. The van der Waals surface area contributed by atoms with Crippen LogP contribution in [0.5, 0.6) is 0 Å². The molecule has 2 aromatic carbocycles. The van der Waals surface area contributed by atoms with Crippen molar-refractivity contribution in [3.8, 4) is 0 Å². The first kappa shape index (κ1) is 26.3. The Bertz CT molecular complexity index is 1090. The van der Waals surface area contributed by atoms with Gasteiger partial charge in [-0.2, -0.15) is 0 Å². The monoisotopic (exact) mass is 525 g/mol. The summed E-state index contributed by atoms with van der Waals surface area (Å²) in [6.45, 7) is 9.12. The molecule has 0 spiro atoms. The van der Waals surface area contributed by atoms with Crippen molar-refractivity contribution in [1.29, 1.82) is 0 Å². The van der Waals surface area contributed by atoms with Crippen LogP contribution in [0.1, 0.15) is 29.3 Å². The molecule has 0 saturated carbocycles. The van der Waals surface area contributed by atoms with Gasteiger partial charge in [0.25, 0.3) is 5.91 Å². The Labute approximate surface area is 214 Å². The predicted molar refractivity (Wildman–Crippen MR) is 143 cm³/mol. The summed E-state index contributed by atoms with van der Waals surface area (Å²) in [5.41, 5.74) is 2.67. The molecule has 9 heteroatoms. The van der Waals surface area contributed by atoms with Crippen LogP contribution in [0.4, 0.5) is 5.13 Å². The Balaban J connectivity index is 0.00000306. The number of hydrogen-bond donors (Lipinski definition) is 0. The summed E-state index contributed by atoms with van der Waals surface area (Å²) >= 11 is 9.50. The highest BCUT2D eigenvalue weighted by Gasteiger charge is 2.24. The summed E-state index contributed by atoms with van der Waals surface area (Å²) < 4.78 is 6.46. The lowest BCUT2D eigenvalue weighted by atomic mass is 10.2. The lowest BCUT2D eigenvalue weighted by Gasteiger charge is -2.28. The first-order chi connectivity index (χ1) is 15.6. The summed E-state index contributed by atoms with van der Waals surface area (Å²) in [5, 5.41) is 1.42. The van der Waals surface area contributed by atoms with E-state index < -0.39 is 0 Å². The summed E-state index contributed by atoms with van der Waals surface area (Å²) in [5.74, 6) is 0.923. The van der Waals surface area contributed by atoms with Crippen molar-refractivity contribution in [1.82, 2.24) is 9.88 Å². The molecule has 0 aliphatic carbocycles. The third kappa shape index (κ3) is 6.41. The zero-order valence-electron chi connectivity index (χ0n) is 18.9. The maximum absolute atomic E-state index is 13.8.